The summed E-state index contributed by atoms with van der Waals surface area (Å²) in [7, 11) is -3.94. The van der Waals surface area contributed by atoms with E-state index >= 15 is 0 Å². The summed E-state index contributed by atoms with van der Waals surface area (Å²) >= 11 is 6.99. The molecule has 1 saturated heterocycles. The molecule has 1 fully saturated rings. The zero-order valence-electron chi connectivity index (χ0n) is 16.2. The Hall–Kier alpha value is -2.80. The second-order valence-electron chi connectivity index (χ2n) is 6.68. The molecule has 9 nitrogen and oxygen atoms in total. The number of carboxylic acid groups (broad SMARTS) is 1. The number of halogens is 2. The fourth-order valence-electron chi connectivity index (χ4n) is 2.97. The first-order valence-electron chi connectivity index (χ1n) is 9.12. The molecule has 1 aromatic carbocycles. The molecule has 0 aliphatic carbocycles. The van der Waals surface area contributed by atoms with Crippen molar-refractivity contribution in [3.05, 3.63) is 56.3 Å². The highest BCUT2D eigenvalue weighted by molar-refractivity contribution is 7.92. The van der Waals surface area contributed by atoms with Gasteiger partial charge in [-0.2, -0.15) is 4.72 Å². The van der Waals surface area contributed by atoms with Crippen LogP contribution in [0.1, 0.15) is 21.7 Å². The lowest BCUT2D eigenvalue weighted by atomic mass is 10.1. The van der Waals surface area contributed by atoms with Crippen LogP contribution in [0.25, 0.3) is 6.08 Å². The molecule has 3 rings (SSSR count). The number of carboxylic acids is 1. The normalized spacial score (nSPS) is 16.6. The first-order chi connectivity index (χ1) is 15.1. The first kappa shape index (κ1) is 23.9. The molecule has 1 aromatic heterocycles. The summed E-state index contributed by atoms with van der Waals surface area (Å²) in [6.45, 7) is -0.555. The maximum absolute atomic E-state index is 14.6. The van der Waals surface area contributed by atoms with Crippen molar-refractivity contribution >= 4 is 62.5 Å². The van der Waals surface area contributed by atoms with Crippen molar-refractivity contribution in [3.63, 3.8) is 0 Å². The molecule has 0 spiro atoms. The number of carbonyl (C=O) groups is 3. The van der Waals surface area contributed by atoms with Gasteiger partial charge in [0.25, 0.3) is 5.91 Å². The fourth-order valence-corrected chi connectivity index (χ4v) is 5.03. The maximum atomic E-state index is 14.6. The van der Waals surface area contributed by atoms with Gasteiger partial charge in [0.1, 0.15) is 18.4 Å². The van der Waals surface area contributed by atoms with E-state index in [1.54, 1.807) is 12.1 Å². The van der Waals surface area contributed by atoms with Crippen LogP contribution in [0.4, 0.5) is 10.1 Å². The minimum absolute atomic E-state index is 0.0672. The number of hydrogen-bond acceptors (Lipinski definition) is 6. The van der Waals surface area contributed by atoms with Gasteiger partial charge >= 0.3 is 5.97 Å². The summed E-state index contributed by atoms with van der Waals surface area (Å²) in [4.78, 5) is 36.7. The van der Waals surface area contributed by atoms with Crippen LogP contribution >= 0.6 is 22.9 Å². The molecular weight excluding hydrogens is 485 g/mol. The number of nitrogens with zero attached hydrogens (tertiary/aromatic N) is 1. The molecule has 0 radical (unpaired) electrons. The first-order valence-corrected chi connectivity index (χ1v) is 11.9. The van der Waals surface area contributed by atoms with Gasteiger partial charge in [-0.3, -0.25) is 14.4 Å². The van der Waals surface area contributed by atoms with E-state index < -0.39 is 46.2 Å². The number of nitrogens with one attached hydrogen (secondary N) is 2. The van der Waals surface area contributed by atoms with E-state index in [9.17, 15) is 27.2 Å². The van der Waals surface area contributed by atoms with Crippen molar-refractivity contribution in [2.75, 3.05) is 18.0 Å². The van der Waals surface area contributed by atoms with Crippen molar-refractivity contribution < 1.29 is 32.3 Å². The van der Waals surface area contributed by atoms with Crippen LogP contribution in [0.15, 0.2) is 35.7 Å². The molecule has 1 unspecified atom stereocenters. The van der Waals surface area contributed by atoms with Crippen molar-refractivity contribution in [2.24, 2.45) is 0 Å². The molecule has 0 saturated carbocycles. The molecule has 13 heteroatoms. The van der Waals surface area contributed by atoms with Gasteiger partial charge in [-0.25, -0.2) is 12.8 Å². The van der Waals surface area contributed by atoms with Gasteiger partial charge in [0.15, 0.2) is 0 Å². The molecule has 1 atom stereocenters. The van der Waals surface area contributed by atoms with Crippen molar-refractivity contribution in [3.8, 4) is 0 Å². The lowest BCUT2D eigenvalue weighted by molar-refractivity contribution is -0.135. The molecule has 2 heterocycles. The average molecular weight is 502 g/mol. The summed E-state index contributed by atoms with van der Waals surface area (Å²) < 4.78 is 41.9. The van der Waals surface area contributed by atoms with Crippen molar-refractivity contribution in [1.82, 2.24) is 10.0 Å². The van der Waals surface area contributed by atoms with E-state index in [2.05, 4.69) is 10.0 Å². The number of sulfonamides is 1. The fraction of sp³-hybridized carbons (Fsp3) is 0.211. The third-order valence-electron chi connectivity index (χ3n) is 4.42. The number of amides is 2. The number of aliphatic carboxylic acids is 1. The molecule has 2 amide bonds. The van der Waals surface area contributed by atoms with Gasteiger partial charge in [-0.15, -0.1) is 11.3 Å². The van der Waals surface area contributed by atoms with E-state index in [4.69, 9.17) is 16.7 Å². The van der Waals surface area contributed by atoms with Gasteiger partial charge in [-0.05, 0) is 42.8 Å². The van der Waals surface area contributed by atoms with E-state index in [0.29, 0.717) is 9.21 Å². The predicted octanol–water partition coefficient (Wildman–Crippen LogP) is 2.05. The van der Waals surface area contributed by atoms with Crippen LogP contribution in [0.5, 0.6) is 0 Å². The van der Waals surface area contributed by atoms with Gasteiger partial charge in [0.2, 0.25) is 15.9 Å². The van der Waals surface area contributed by atoms with Crippen LogP contribution < -0.4 is 14.9 Å². The Kier molecular flexibility index (Phi) is 7.29. The van der Waals surface area contributed by atoms with E-state index in [1.165, 1.54) is 29.5 Å². The van der Waals surface area contributed by atoms with Crippen LogP contribution in [-0.4, -0.2) is 50.4 Å². The smallest absolute Gasteiger partial charge is 0.322 e. The second kappa shape index (κ2) is 9.77. The van der Waals surface area contributed by atoms with Crippen LogP contribution in [0.3, 0.4) is 0 Å². The Labute approximate surface area is 191 Å². The summed E-state index contributed by atoms with van der Waals surface area (Å²) in [5.41, 5.74) is -0.231. The molecule has 170 valence electrons. The van der Waals surface area contributed by atoms with E-state index in [0.717, 1.165) is 16.4 Å². The Bertz CT molecular complexity index is 1200. The Morgan fingerprint density at radius 1 is 1.31 bits per heavy atom. The van der Waals surface area contributed by atoms with Crippen molar-refractivity contribution in [2.45, 2.75) is 12.5 Å². The molecule has 3 N–H and O–H groups in total. The molecule has 1 aliphatic heterocycles. The lowest BCUT2D eigenvalue weighted by Crippen LogP contribution is -2.41. The Morgan fingerprint density at radius 2 is 2.06 bits per heavy atom. The third kappa shape index (κ3) is 5.91. The maximum Gasteiger partial charge on any atom is 0.322 e. The van der Waals surface area contributed by atoms with Crippen LogP contribution in [0.2, 0.25) is 4.34 Å². The van der Waals surface area contributed by atoms with Gasteiger partial charge in [-0.1, -0.05) is 11.6 Å². The highest BCUT2D eigenvalue weighted by atomic mass is 35.5. The topological polar surface area (TPSA) is 133 Å². The number of thiophene rings is 1. The number of benzene rings is 1. The summed E-state index contributed by atoms with van der Waals surface area (Å²) in [5.74, 6) is -3.54. The quantitative estimate of drug-likeness (QED) is 0.507. The number of rotatable bonds is 8. The highest BCUT2D eigenvalue weighted by Gasteiger charge is 2.36. The van der Waals surface area contributed by atoms with E-state index in [-0.39, 0.29) is 24.2 Å². The number of carbonyl (C=O) groups excluding carboxylic acids is 2. The van der Waals surface area contributed by atoms with Gasteiger partial charge in [0, 0.05) is 22.4 Å². The average Bonchev–Trinajstić information content (AvgIpc) is 3.30. The molecular formula is C19H17ClFN3O6S2. The third-order valence-corrected chi connectivity index (χ3v) is 6.72. The summed E-state index contributed by atoms with van der Waals surface area (Å²) in [6, 6.07) is 5.53. The molecule has 1 aliphatic rings. The van der Waals surface area contributed by atoms with Gasteiger partial charge in [0.05, 0.1) is 10.0 Å². The largest absolute Gasteiger partial charge is 0.480 e. The molecule has 32 heavy (non-hydrogen) atoms. The standard InChI is InChI=1S/C19H17ClFN3O6S2/c20-16-4-2-12(31-16)6-8-32(29,30)23-14-5-7-24(19(14)28)15-3-1-11(9-13(15)21)18(27)22-10-17(25)26/h1-4,6,8-9,14,23H,5,7,10H2,(H,22,27)(H,25,26). The van der Waals surface area contributed by atoms with Crippen LogP contribution in [-0.2, 0) is 19.6 Å². The number of hydrogen-bond donors (Lipinski definition) is 3. The highest BCUT2D eigenvalue weighted by Crippen LogP contribution is 2.26. The Balaban J connectivity index is 1.67. The Morgan fingerprint density at radius 3 is 2.69 bits per heavy atom. The van der Waals surface area contributed by atoms with Gasteiger partial charge < -0.3 is 15.3 Å². The summed E-state index contributed by atoms with van der Waals surface area (Å²) in [5, 5.41) is 11.6. The summed E-state index contributed by atoms with van der Waals surface area (Å²) in [6.07, 6.45) is 1.47. The second-order valence-corrected chi connectivity index (χ2v) is 10.0. The predicted molar refractivity (Wildman–Crippen MR) is 118 cm³/mol. The zero-order valence-corrected chi connectivity index (χ0v) is 18.6. The van der Waals surface area contributed by atoms with E-state index in [1.807, 2.05) is 0 Å². The minimum atomic E-state index is -3.94. The lowest BCUT2D eigenvalue weighted by Gasteiger charge is -2.18. The van der Waals surface area contributed by atoms with Crippen LogP contribution in [0, 0.1) is 5.82 Å². The minimum Gasteiger partial charge on any atom is -0.480 e. The molecule has 2 aromatic rings. The zero-order chi connectivity index (χ0) is 23.5. The molecule has 0 bridgehead atoms. The number of anilines is 1. The monoisotopic (exact) mass is 501 g/mol. The SMILES string of the molecule is O=C(O)CNC(=O)c1ccc(N2CCC(NS(=O)(=O)C=Cc3ccc(Cl)s3)C2=O)c(F)c1. The van der Waals surface area contributed by atoms with Crippen molar-refractivity contribution in [1.29, 1.82) is 0 Å².